The normalized spacial score (nSPS) is 13.8. The van der Waals surface area contributed by atoms with Gasteiger partial charge in [0, 0.05) is 5.75 Å². The highest BCUT2D eigenvalue weighted by Gasteiger charge is 2.18. The average Bonchev–Trinajstić information content (AvgIpc) is 2.58. The van der Waals surface area contributed by atoms with E-state index >= 15 is 0 Å². The third-order valence-electron chi connectivity index (χ3n) is 2.82. The van der Waals surface area contributed by atoms with E-state index < -0.39 is 5.69 Å². The van der Waals surface area contributed by atoms with Gasteiger partial charge in [-0.25, -0.2) is 4.08 Å². The second-order valence-electron chi connectivity index (χ2n) is 4.26. The van der Waals surface area contributed by atoms with Crippen molar-refractivity contribution >= 4 is 39.9 Å². The Morgan fingerprint density at radius 2 is 1.57 bits per heavy atom. The van der Waals surface area contributed by atoms with Crippen molar-refractivity contribution in [3.8, 4) is 0 Å². The van der Waals surface area contributed by atoms with Gasteiger partial charge in [-0.15, -0.1) is 10.9 Å². The number of hydrogen-bond acceptors (Lipinski definition) is 3. The molecule has 2 aromatic rings. The first-order chi connectivity index (χ1) is 10.3. The van der Waals surface area contributed by atoms with Crippen LogP contribution >= 0.6 is 28.9 Å². The van der Waals surface area contributed by atoms with E-state index in [9.17, 15) is 0 Å². The van der Waals surface area contributed by atoms with Gasteiger partial charge in [0.05, 0.1) is 18.5 Å². The molecule has 0 aromatic heterocycles. The van der Waals surface area contributed by atoms with E-state index in [1.54, 1.807) is 11.4 Å². The second kappa shape index (κ2) is 9.04. The summed E-state index contributed by atoms with van der Waals surface area (Å²) in [5.41, 5.74) is 0.249. The Bertz CT molecular complexity index is 585. The van der Waals surface area contributed by atoms with Gasteiger partial charge in [0.2, 0.25) is 5.69 Å². The molecule has 21 heavy (non-hydrogen) atoms. The molecule has 0 saturated carbocycles. The first-order valence-corrected chi connectivity index (χ1v) is 12.0. The highest BCUT2D eigenvalue weighted by molar-refractivity contribution is 8.69. The Hall–Kier alpha value is -0.220. The summed E-state index contributed by atoms with van der Waals surface area (Å²) < 4.78 is 11.3. The molecule has 0 N–H and O–H groups in total. The molecule has 0 aliphatic heterocycles. The summed E-state index contributed by atoms with van der Waals surface area (Å²) in [4.78, 5) is 0. The number of rotatable bonds is 7. The summed E-state index contributed by atoms with van der Waals surface area (Å²) in [6, 6.07) is 20.4. The van der Waals surface area contributed by atoms with Crippen LogP contribution < -0.4 is 0 Å². The molecule has 2 rings (SSSR count). The van der Waals surface area contributed by atoms with Gasteiger partial charge in [-0.2, -0.15) is 0 Å². The van der Waals surface area contributed by atoms with E-state index in [0.717, 1.165) is 22.3 Å². The van der Waals surface area contributed by atoms with E-state index in [0.29, 0.717) is 6.61 Å². The molecule has 0 spiro atoms. The SMILES string of the molecule is CSP(OCl)(OCc1ccccc1)=[SH]Cc1ccccc1. The Morgan fingerprint density at radius 1 is 1.00 bits per heavy atom. The number of benzene rings is 2. The van der Waals surface area contributed by atoms with Crippen molar-refractivity contribution in [3.05, 3.63) is 71.8 Å². The summed E-state index contributed by atoms with van der Waals surface area (Å²) >= 11 is 7.33. The zero-order valence-corrected chi connectivity index (χ0v) is 15.0. The molecule has 1 unspecified atom stereocenters. The molecule has 114 valence electrons. The number of thiol groups is 1. The minimum absolute atomic E-state index is 0.518. The van der Waals surface area contributed by atoms with Crippen molar-refractivity contribution in [1.82, 2.24) is 0 Å². The zero-order valence-electron chi connectivity index (χ0n) is 11.7. The van der Waals surface area contributed by atoms with E-state index in [-0.39, 0.29) is 0 Å². The third kappa shape index (κ3) is 5.48. The number of hydrogen-bond donors (Lipinski definition) is 1. The van der Waals surface area contributed by atoms with Crippen molar-refractivity contribution in [1.29, 1.82) is 0 Å². The van der Waals surface area contributed by atoms with Crippen LogP contribution in [0.1, 0.15) is 11.1 Å². The summed E-state index contributed by atoms with van der Waals surface area (Å²) in [6.45, 7) is 0.518. The van der Waals surface area contributed by atoms with Crippen LogP contribution in [-0.2, 0) is 31.9 Å². The largest absolute Gasteiger partial charge is 0.320 e. The van der Waals surface area contributed by atoms with Gasteiger partial charge in [-0.1, -0.05) is 72.0 Å². The second-order valence-corrected chi connectivity index (χ2v) is 12.8. The highest BCUT2D eigenvalue weighted by atomic mass is 35.5. The molecule has 0 radical (unpaired) electrons. The molecule has 0 aliphatic carbocycles. The maximum Gasteiger partial charge on any atom is 0.223 e. The lowest BCUT2D eigenvalue weighted by Crippen LogP contribution is -1.92. The molecule has 0 heterocycles. The third-order valence-corrected chi connectivity index (χ3v) is 12.4. The Balaban J connectivity index is 2.08. The van der Waals surface area contributed by atoms with E-state index in [2.05, 4.69) is 12.1 Å². The monoisotopic (exact) mass is 360 g/mol. The predicted octanol–water partition coefficient (Wildman–Crippen LogP) is 5.43. The van der Waals surface area contributed by atoms with Crippen molar-refractivity contribution in [2.75, 3.05) is 6.26 Å². The number of halogens is 1. The van der Waals surface area contributed by atoms with Gasteiger partial charge in [-0.3, -0.25) is 0 Å². The van der Waals surface area contributed by atoms with E-state index in [4.69, 9.17) is 20.5 Å². The molecule has 0 aliphatic rings. The Kier molecular flexibility index (Phi) is 7.38. The fourth-order valence-corrected chi connectivity index (χ4v) is 8.13. The molecular formula is C15H18ClO2PS2. The minimum atomic E-state index is -2.13. The van der Waals surface area contributed by atoms with Gasteiger partial charge in [0.1, 0.15) is 0 Å². The van der Waals surface area contributed by atoms with Crippen molar-refractivity contribution < 1.29 is 8.60 Å². The molecule has 0 fully saturated rings. The lowest BCUT2D eigenvalue weighted by Gasteiger charge is -2.20. The summed E-state index contributed by atoms with van der Waals surface area (Å²) in [5, 5.41) is 0. The zero-order chi connectivity index (χ0) is 15.0. The van der Waals surface area contributed by atoms with Crippen LogP contribution in [0.15, 0.2) is 60.7 Å². The fraction of sp³-hybridized carbons (Fsp3) is 0.200. The molecular weight excluding hydrogens is 343 g/mol. The molecule has 2 aromatic carbocycles. The average molecular weight is 361 g/mol. The molecule has 1 atom stereocenters. The minimum Gasteiger partial charge on any atom is -0.320 e. The smallest absolute Gasteiger partial charge is 0.223 e. The van der Waals surface area contributed by atoms with Gasteiger partial charge in [-0.05, 0) is 17.4 Å². The van der Waals surface area contributed by atoms with Gasteiger partial charge in [0.15, 0.2) is 0 Å². The molecule has 6 heteroatoms. The van der Waals surface area contributed by atoms with E-state index in [1.165, 1.54) is 5.56 Å². The topological polar surface area (TPSA) is 18.5 Å². The van der Waals surface area contributed by atoms with Gasteiger partial charge in [0.25, 0.3) is 0 Å². The molecule has 0 amide bonds. The van der Waals surface area contributed by atoms with Crippen molar-refractivity contribution in [3.63, 3.8) is 0 Å². The van der Waals surface area contributed by atoms with Crippen LogP contribution in [0.25, 0.3) is 0 Å². The molecule has 2 nitrogen and oxygen atoms in total. The summed E-state index contributed by atoms with van der Waals surface area (Å²) in [5.74, 6) is 0.872. The quantitative estimate of drug-likeness (QED) is 0.524. The van der Waals surface area contributed by atoms with Crippen molar-refractivity contribution in [2.45, 2.75) is 12.4 Å². The van der Waals surface area contributed by atoms with Crippen LogP contribution in [-0.4, -0.2) is 6.26 Å². The van der Waals surface area contributed by atoms with Crippen LogP contribution in [0.2, 0.25) is 0 Å². The maximum atomic E-state index is 6.04. The van der Waals surface area contributed by atoms with Crippen molar-refractivity contribution in [2.24, 2.45) is 0 Å². The van der Waals surface area contributed by atoms with E-state index in [1.807, 2.05) is 54.8 Å². The molecule has 0 bridgehead atoms. The fourth-order valence-electron chi connectivity index (χ4n) is 1.70. The van der Waals surface area contributed by atoms with Gasteiger partial charge >= 0.3 is 0 Å². The first kappa shape index (κ1) is 17.1. The van der Waals surface area contributed by atoms with Crippen LogP contribution in [0.3, 0.4) is 0 Å². The Morgan fingerprint density at radius 3 is 2.10 bits per heavy atom. The Labute approximate surface area is 138 Å². The lowest BCUT2D eigenvalue weighted by molar-refractivity contribution is 0.317. The summed E-state index contributed by atoms with van der Waals surface area (Å²) in [6.07, 6.45) is 1.99. The predicted molar refractivity (Wildman–Crippen MR) is 97.5 cm³/mol. The standard InChI is InChI=1S/C15H18ClO2PS2/c1-20-19(18-16,17-12-14-8-4-2-5-9-14)21-13-15-10-6-3-7-11-15/h2-11,21H,12-13H2,1H3. The first-order valence-electron chi connectivity index (χ1n) is 6.44. The summed E-state index contributed by atoms with van der Waals surface area (Å²) in [7, 11) is 1.08. The maximum absolute atomic E-state index is 6.04. The lowest BCUT2D eigenvalue weighted by atomic mass is 10.2. The van der Waals surface area contributed by atoms with Crippen LogP contribution in [0.5, 0.6) is 0 Å². The van der Waals surface area contributed by atoms with Crippen LogP contribution in [0, 0.1) is 0 Å². The van der Waals surface area contributed by atoms with Gasteiger partial charge < -0.3 is 4.52 Å². The van der Waals surface area contributed by atoms with Crippen LogP contribution in [0.4, 0.5) is 0 Å². The molecule has 0 saturated heterocycles. The highest BCUT2D eigenvalue weighted by Crippen LogP contribution is 2.63.